The number of aliphatic imine (C=N–C) groups is 1. The second-order valence-electron chi connectivity index (χ2n) is 6.41. The van der Waals surface area contributed by atoms with Gasteiger partial charge in [0.2, 0.25) is 0 Å². The van der Waals surface area contributed by atoms with Crippen LogP contribution in [0.15, 0.2) is 33.8 Å². The summed E-state index contributed by atoms with van der Waals surface area (Å²) in [6.07, 6.45) is 1.65. The summed E-state index contributed by atoms with van der Waals surface area (Å²) in [5.41, 5.74) is 3.84. The van der Waals surface area contributed by atoms with E-state index in [0.29, 0.717) is 24.6 Å². The fourth-order valence-corrected chi connectivity index (χ4v) is 2.74. The summed E-state index contributed by atoms with van der Waals surface area (Å²) in [6.45, 7) is 5.35. The Morgan fingerprint density at radius 2 is 1.75 bits per heavy atom. The van der Waals surface area contributed by atoms with Crippen LogP contribution in [0.5, 0.6) is 0 Å². The molecule has 28 heavy (non-hydrogen) atoms. The van der Waals surface area contributed by atoms with Crippen molar-refractivity contribution in [1.29, 1.82) is 0 Å². The number of benzene rings is 1. The second kappa shape index (κ2) is 11.7. The summed E-state index contributed by atoms with van der Waals surface area (Å²) in [5.74, 6) is 1.61. The first-order valence-electron chi connectivity index (χ1n) is 9.21. The Morgan fingerprint density at radius 3 is 2.29 bits per heavy atom. The van der Waals surface area contributed by atoms with Crippen LogP contribution in [0.1, 0.15) is 46.8 Å². The third kappa shape index (κ3) is 6.22. The summed E-state index contributed by atoms with van der Waals surface area (Å²) in [7, 11) is 5.23. The number of aryl methyl sites for hydroxylation is 2. The Labute approximate surface area is 184 Å². The van der Waals surface area contributed by atoms with Gasteiger partial charge in [0.1, 0.15) is 5.76 Å². The molecular weight excluding hydrogens is 469 g/mol. The molecule has 0 bridgehead atoms. The maximum Gasteiger partial charge on any atom is 0.253 e. The topological polar surface area (TPSA) is 82.8 Å². The highest BCUT2D eigenvalue weighted by Crippen LogP contribution is 2.15. The van der Waals surface area contributed by atoms with Crippen LogP contribution >= 0.6 is 24.0 Å². The third-order valence-corrected chi connectivity index (χ3v) is 4.33. The van der Waals surface area contributed by atoms with Gasteiger partial charge in [-0.2, -0.15) is 0 Å². The maximum atomic E-state index is 11.9. The molecule has 2 aromatic rings. The van der Waals surface area contributed by atoms with Crippen molar-refractivity contribution in [3.05, 3.63) is 52.4 Å². The fraction of sp³-hybridized carbons (Fsp3) is 0.450. The second-order valence-corrected chi connectivity index (χ2v) is 6.41. The van der Waals surface area contributed by atoms with Gasteiger partial charge >= 0.3 is 0 Å². The summed E-state index contributed by atoms with van der Waals surface area (Å²) in [5, 5.41) is 10.7. The van der Waals surface area contributed by atoms with E-state index in [1.807, 2.05) is 24.3 Å². The van der Waals surface area contributed by atoms with E-state index < -0.39 is 0 Å². The normalized spacial score (nSPS) is 11.0. The molecule has 0 spiro atoms. The highest BCUT2D eigenvalue weighted by Gasteiger charge is 2.13. The maximum absolute atomic E-state index is 11.9. The predicted molar refractivity (Wildman–Crippen MR) is 122 cm³/mol. The molecule has 1 amide bonds. The molecule has 0 unspecified atom stereocenters. The van der Waals surface area contributed by atoms with Gasteiger partial charge in [0, 0.05) is 51.8 Å². The molecule has 0 aliphatic heterocycles. The molecule has 1 aromatic heterocycles. The van der Waals surface area contributed by atoms with E-state index in [2.05, 4.69) is 34.6 Å². The van der Waals surface area contributed by atoms with Gasteiger partial charge in [0.05, 0.1) is 5.69 Å². The van der Waals surface area contributed by atoms with Crippen LogP contribution in [0.4, 0.5) is 0 Å². The molecule has 1 heterocycles. The van der Waals surface area contributed by atoms with Gasteiger partial charge in [-0.1, -0.05) is 31.1 Å². The SMILES string of the molecule is CCc1noc(CC)c1CNC(=NC)NCc1ccc(C(=O)N(C)C)cc1.I. The van der Waals surface area contributed by atoms with Crippen molar-refractivity contribution in [2.24, 2.45) is 4.99 Å². The largest absolute Gasteiger partial charge is 0.361 e. The minimum absolute atomic E-state index is 0. The smallest absolute Gasteiger partial charge is 0.253 e. The van der Waals surface area contributed by atoms with Crippen molar-refractivity contribution in [3.8, 4) is 0 Å². The van der Waals surface area contributed by atoms with E-state index in [4.69, 9.17) is 4.52 Å². The molecule has 0 aliphatic rings. The molecule has 0 fully saturated rings. The molecule has 0 radical (unpaired) electrons. The number of carbonyl (C=O) groups excluding carboxylic acids is 1. The molecule has 0 aliphatic carbocycles. The van der Waals surface area contributed by atoms with Crippen molar-refractivity contribution in [2.45, 2.75) is 39.8 Å². The molecule has 2 rings (SSSR count). The monoisotopic (exact) mass is 499 g/mol. The lowest BCUT2D eigenvalue weighted by Crippen LogP contribution is -2.36. The average molecular weight is 499 g/mol. The van der Waals surface area contributed by atoms with Crippen LogP contribution in [-0.4, -0.2) is 43.1 Å². The number of aromatic nitrogens is 1. The average Bonchev–Trinajstić information content (AvgIpc) is 3.09. The molecule has 154 valence electrons. The number of guanidine groups is 1. The highest BCUT2D eigenvalue weighted by molar-refractivity contribution is 14.0. The molecule has 2 N–H and O–H groups in total. The van der Waals surface area contributed by atoms with Crippen LogP contribution in [0.3, 0.4) is 0 Å². The number of nitrogens with zero attached hydrogens (tertiary/aromatic N) is 3. The van der Waals surface area contributed by atoms with E-state index in [-0.39, 0.29) is 29.9 Å². The van der Waals surface area contributed by atoms with Crippen molar-refractivity contribution in [3.63, 3.8) is 0 Å². The third-order valence-electron chi connectivity index (χ3n) is 4.33. The summed E-state index contributed by atoms with van der Waals surface area (Å²) in [4.78, 5) is 17.8. The first-order chi connectivity index (χ1) is 13.0. The van der Waals surface area contributed by atoms with E-state index in [1.165, 1.54) is 0 Å². The Bertz CT molecular complexity index is 763. The van der Waals surface area contributed by atoms with E-state index >= 15 is 0 Å². The lowest BCUT2D eigenvalue weighted by molar-refractivity contribution is 0.0827. The first-order valence-corrected chi connectivity index (χ1v) is 9.21. The minimum Gasteiger partial charge on any atom is -0.361 e. The van der Waals surface area contributed by atoms with Gasteiger partial charge in [-0.05, 0) is 24.1 Å². The zero-order valence-corrected chi connectivity index (χ0v) is 19.5. The summed E-state index contributed by atoms with van der Waals surface area (Å²) >= 11 is 0. The van der Waals surface area contributed by atoms with Gasteiger partial charge in [0.15, 0.2) is 5.96 Å². The molecule has 0 atom stereocenters. The lowest BCUT2D eigenvalue weighted by Gasteiger charge is -2.13. The van der Waals surface area contributed by atoms with E-state index in [0.717, 1.165) is 35.4 Å². The predicted octanol–water partition coefficient (Wildman–Crippen LogP) is 2.98. The zero-order valence-electron chi connectivity index (χ0n) is 17.2. The van der Waals surface area contributed by atoms with Gasteiger partial charge < -0.3 is 20.1 Å². The van der Waals surface area contributed by atoms with Gasteiger partial charge in [-0.15, -0.1) is 24.0 Å². The number of hydrogen-bond acceptors (Lipinski definition) is 4. The Morgan fingerprint density at radius 1 is 1.11 bits per heavy atom. The standard InChI is InChI=1S/C20H29N5O2.HI/c1-6-17-16(18(7-2)27-24-17)13-23-20(21-3)22-12-14-8-10-15(11-9-14)19(26)25(4)5;/h8-11H,6-7,12-13H2,1-5H3,(H2,21,22,23);1H. The minimum atomic E-state index is -0.000774. The summed E-state index contributed by atoms with van der Waals surface area (Å²) < 4.78 is 5.40. The van der Waals surface area contributed by atoms with Gasteiger partial charge in [0.25, 0.3) is 5.91 Å². The number of nitrogens with one attached hydrogen (secondary N) is 2. The van der Waals surface area contributed by atoms with Crippen molar-refractivity contribution >= 4 is 35.8 Å². The Kier molecular flexibility index (Phi) is 9.98. The van der Waals surface area contributed by atoms with E-state index in [9.17, 15) is 4.79 Å². The number of halogens is 1. The molecule has 0 saturated heterocycles. The van der Waals surface area contributed by atoms with Crippen LogP contribution in [0.25, 0.3) is 0 Å². The zero-order chi connectivity index (χ0) is 19.8. The van der Waals surface area contributed by atoms with Crippen LogP contribution in [0, 0.1) is 0 Å². The van der Waals surface area contributed by atoms with Crippen LogP contribution in [-0.2, 0) is 25.9 Å². The Hall–Kier alpha value is -2.10. The number of carbonyl (C=O) groups is 1. The molecule has 7 nitrogen and oxygen atoms in total. The Balaban J connectivity index is 0.00000392. The van der Waals surface area contributed by atoms with Crippen molar-refractivity contribution in [2.75, 3.05) is 21.1 Å². The molecule has 1 aromatic carbocycles. The molecule has 8 heteroatoms. The van der Waals surface area contributed by atoms with Gasteiger partial charge in [-0.25, -0.2) is 0 Å². The van der Waals surface area contributed by atoms with Crippen LogP contribution < -0.4 is 10.6 Å². The van der Waals surface area contributed by atoms with Crippen molar-refractivity contribution in [1.82, 2.24) is 20.7 Å². The first kappa shape index (κ1) is 23.9. The number of hydrogen-bond donors (Lipinski definition) is 2. The number of rotatable bonds is 7. The van der Waals surface area contributed by atoms with Crippen molar-refractivity contribution < 1.29 is 9.32 Å². The highest BCUT2D eigenvalue weighted by atomic mass is 127. The fourth-order valence-electron chi connectivity index (χ4n) is 2.74. The van der Waals surface area contributed by atoms with Crippen LogP contribution in [0.2, 0.25) is 0 Å². The molecular formula is C20H30IN5O2. The molecule has 0 saturated carbocycles. The quantitative estimate of drug-likeness (QED) is 0.348. The van der Waals surface area contributed by atoms with E-state index in [1.54, 1.807) is 26.0 Å². The summed E-state index contributed by atoms with van der Waals surface area (Å²) in [6, 6.07) is 7.57. The van der Waals surface area contributed by atoms with Gasteiger partial charge in [-0.3, -0.25) is 9.79 Å². The number of amides is 1. The lowest BCUT2D eigenvalue weighted by atomic mass is 10.1.